The molecule has 0 aliphatic heterocycles. The molecule has 8 atom stereocenters. The van der Waals surface area contributed by atoms with Gasteiger partial charge in [0.25, 0.3) is 0 Å². The van der Waals surface area contributed by atoms with Crippen LogP contribution in [0.5, 0.6) is 0 Å². The van der Waals surface area contributed by atoms with Crippen LogP contribution in [0.15, 0.2) is 11.6 Å². The Hall–Kier alpha value is -1.69. The van der Waals surface area contributed by atoms with Crippen molar-refractivity contribution in [2.45, 2.75) is 112 Å². The van der Waals surface area contributed by atoms with Crippen LogP contribution in [-0.4, -0.2) is 40.5 Å². The maximum atomic E-state index is 14.4. The van der Waals surface area contributed by atoms with Crippen molar-refractivity contribution in [3.05, 3.63) is 11.6 Å². The number of carboxylic acid groups (broad SMARTS) is 1. The number of carbonyl (C=O) groups is 3. The second-order valence-electron chi connectivity index (χ2n) is 15.8. The van der Waals surface area contributed by atoms with Crippen LogP contribution in [0, 0.1) is 50.2 Å². The van der Waals surface area contributed by atoms with Crippen LogP contribution in [0.4, 0.5) is 0 Å². The van der Waals surface area contributed by atoms with E-state index in [1.54, 1.807) is 0 Å². The van der Waals surface area contributed by atoms with Crippen molar-refractivity contribution in [2.75, 3.05) is 6.54 Å². The average Bonchev–Trinajstić information content (AvgIpc) is 2.81. The number of aliphatic carboxylic acids is 1. The number of hydrogen-bond acceptors (Lipinski definition) is 4. The van der Waals surface area contributed by atoms with Crippen LogP contribution in [0.3, 0.4) is 0 Å². The molecule has 0 saturated heterocycles. The summed E-state index contributed by atoms with van der Waals surface area (Å²) in [6.45, 7) is 15.6. The van der Waals surface area contributed by atoms with E-state index in [1.807, 2.05) is 6.08 Å². The van der Waals surface area contributed by atoms with Crippen molar-refractivity contribution < 1.29 is 24.6 Å². The molecule has 1 amide bonds. The molecular formula is C32H49NO5. The smallest absolute Gasteiger partial charge is 0.322 e. The summed E-state index contributed by atoms with van der Waals surface area (Å²) in [6, 6.07) is 0. The molecule has 6 heteroatoms. The Balaban J connectivity index is 1.61. The van der Waals surface area contributed by atoms with Crippen molar-refractivity contribution >= 4 is 17.7 Å². The van der Waals surface area contributed by atoms with Crippen molar-refractivity contribution in [1.82, 2.24) is 5.32 Å². The van der Waals surface area contributed by atoms with E-state index in [0.29, 0.717) is 0 Å². The van der Waals surface area contributed by atoms with Gasteiger partial charge >= 0.3 is 5.97 Å². The lowest BCUT2D eigenvalue weighted by molar-refractivity contribution is -0.203. The molecule has 0 bridgehead atoms. The lowest BCUT2D eigenvalue weighted by Crippen LogP contribution is -2.67. The molecule has 5 aliphatic carbocycles. The summed E-state index contributed by atoms with van der Waals surface area (Å²) in [6.07, 6.45) is 9.22. The Bertz CT molecular complexity index is 1090. The molecule has 5 aliphatic rings. The Labute approximate surface area is 228 Å². The summed E-state index contributed by atoms with van der Waals surface area (Å²) in [5.74, 6) is -0.838. The fourth-order valence-electron chi connectivity index (χ4n) is 10.8. The molecule has 0 heterocycles. The van der Waals surface area contributed by atoms with E-state index in [2.05, 4.69) is 53.8 Å². The first kappa shape index (κ1) is 27.9. The standard InChI is InChI=1S/C32H49NO5/c1-27(2)12-14-32(26(38)33-18-24(36)37)15-13-30(6)19(20(32)17-27)16-21(34)25-29(5)10-9-23(35)28(3,4)22(29)8-11-31(25,30)7/h16,20,22-23,25,35H,8-15,17-18H2,1-7H3,(H,33,38)(H,36,37)/t20-,22?,23-,25+,29-,30+,31+,32-/m0/s1. The first-order valence-electron chi connectivity index (χ1n) is 14.9. The molecule has 0 aromatic heterocycles. The zero-order valence-corrected chi connectivity index (χ0v) is 24.6. The Kier molecular flexibility index (Phi) is 6.16. The topological polar surface area (TPSA) is 104 Å². The summed E-state index contributed by atoms with van der Waals surface area (Å²) in [5, 5.41) is 22.9. The first-order valence-corrected chi connectivity index (χ1v) is 14.9. The van der Waals surface area contributed by atoms with E-state index >= 15 is 0 Å². The van der Waals surface area contributed by atoms with Crippen molar-refractivity contribution in [1.29, 1.82) is 0 Å². The molecule has 0 spiro atoms. The highest BCUT2D eigenvalue weighted by Crippen LogP contribution is 2.75. The van der Waals surface area contributed by atoms with Crippen LogP contribution in [0.2, 0.25) is 0 Å². The number of allylic oxidation sites excluding steroid dienone is 2. The zero-order valence-electron chi connectivity index (χ0n) is 24.6. The van der Waals surface area contributed by atoms with Gasteiger partial charge in [-0.05, 0) is 103 Å². The van der Waals surface area contributed by atoms with Gasteiger partial charge in [-0.3, -0.25) is 14.4 Å². The molecule has 0 aromatic carbocycles. The first-order chi connectivity index (χ1) is 17.4. The molecule has 4 fully saturated rings. The van der Waals surface area contributed by atoms with E-state index in [9.17, 15) is 24.6 Å². The highest BCUT2D eigenvalue weighted by molar-refractivity contribution is 5.96. The minimum atomic E-state index is -1.03. The summed E-state index contributed by atoms with van der Waals surface area (Å²) in [7, 11) is 0. The van der Waals surface area contributed by atoms with Crippen molar-refractivity contribution in [3.8, 4) is 0 Å². The number of fused-ring (bicyclic) bond motifs is 7. The predicted molar refractivity (Wildman–Crippen MR) is 146 cm³/mol. The zero-order chi connectivity index (χ0) is 28.1. The van der Waals surface area contributed by atoms with Gasteiger partial charge < -0.3 is 15.5 Å². The van der Waals surface area contributed by atoms with Gasteiger partial charge in [0.2, 0.25) is 5.91 Å². The minimum Gasteiger partial charge on any atom is -0.480 e. The Morgan fingerprint density at radius 2 is 1.61 bits per heavy atom. The molecule has 38 heavy (non-hydrogen) atoms. The maximum Gasteiger partial charge on any atom is 0.322 e. The van der Waals surface area contributed by atoms with Gasteiger partial charge in [-0.15, -0.1) is 0 Å². The van der Waals surface area contributed by atoms with Crippen LogP contribution in [0.1, 0.15) is 106 Å². The summed E-state index contributed by atoms with van der Waals surface area (Å²) < 4.78 is 0. The normalized spacial score (nSPS) is 46.9. The number of nitrogens with one attached hydrogen (secondary N) is 1. The number of aliphatic hydroxyl groups excluding tert-OH is 1. The van der Waals surface area contributed by atoms with E-state index < -0.39 is 11.4 Å². The SMILES string of the molecule is CC1(C)CC[C@]2(C(=O)NCC(=O)O)CC[C@]3(C)C(=CC(=O)[C@@H]4[C@@]5(C)CC[C@H](O)C(C)(C)C5CC[C@]43C)[C@@H]2C1. The number of amides is 1. The quantitative estimate of drug-likeness (QED) is 0.448. The molecule has 0 aromatic rings. The number of carboxylic acids is 1. The van der Waals surface area contributed by atoms with Crippen LogP contribution in [0.25, 0.3) is 0 Å². The van der Waals surface area contributed by atoms with E-state index in [1.165, 1.54) is 0 Å². The molecular weight excluding hydrogens is 478 g/mol. The van der Waals surface area contributed by atoms with Crippen molar-refractivity contribution in [2.24, 2.45) is 50.2 Å². The predicted octanol–water partition coefficient (Wildman–Crippen LogP) is 5.53. The van der Waals surface area contributed by atoms with E-state index in [-0.39, 0.29) is 69.2 Å². The molecule has 1 unspecified atom stereocenters. The van der Waals surface area contributed by atoms with Crippen molar-refractivity contribution in [3.63, 3.8) is 0 Å². The second kappa shape index (κ2) is 8.41. The molecule has 3 N–H and O–H groups in total. The lowest BCUT2D eigenvalue weighted by atomic mass is 9.33. The minimum absolute atomic E-state index is 0.0499. The number of rotatable bonds is 3. The second-order valence-corrected chi connectivity index (χ2v) is 15.8. The molecule has 0 radical (unpaired) electrons. The van der Waals surface area contributed by atoms with Gasteiger partial charge in [0.05, 0.1) is 11.5 Å². The summed E-state index contributed by atoms with van der Waals surface area (Å²) in [4.78, 5) is 39.4. The third-order valence-corrected chi connectivity index (χ3v) is 13.2. The number of ketones is 1. The molecule has 5 rings (SSSR count). The maximum absolute atomic E-state index is 14.4. The van der Waals surface area contributed by atoms with Gasteiger partial charge in [-0.1, -0.05) is 54.0 Å². The van der Waals surface area contributed by atoms with Gasteiger partial charge in [0.15, 0.2) is 5.78 Å². The van der Waals surface area contributed by atoms with Crippen LogP contribution in [-0.2, 0) is 14.4 Å². The van der Waals surface area contributed by atoms with E-state index in [0.717, 1.165) is 63.4 Å². The number of aliphatic hydroxyl groups is 1. The molecule has 4 saturated carbocycles. The monoisotopic (exact) mass is 527 g/mol. The van der Waals surface area contributed by atoms with Crippen LogP contribution < -0.4 is 5.32 Å². The van der Waals surface area contributed by atoms with E-state index in [4.69, 9.17) is 0 Å². The Morgan fingerprint density at radius 3 is 2.26 bits per heavy atom. The highest BCUT2D eigenvalue weighted by Gasteiger charge is 2.71. The average molecular weight is 528 g/mol. The Morgan fingerprint density at radius 1 is 0.947 bits per heavy atom. The number of hydrogen-bond donors (Lipinski definition) is 3. The third kappa shape index (κ3) is 3.57. The summed E-state index contributed by atoms with van der Waals surface area (Å²) >= 11 is 0. The fourth-order valence-corrected chi connectivity index (χ4v) is 10.8. The lowest BCUT2D eigenvalue weighted by Gasteiger charge is -2.70. The number of carbonyl (C=O) groups excluding carboxylic acids is 2. The largest absolute Gasteiger partial charge is 0.480 e. The van der Waals surface area contributed by atoms with Gasteiger partial charge in [0.1, 0.15) is 6.54 Å². The molecule has 6 nitrogen and oxygen atoms in total. The van der Waals surface area contributed by atoms with Crippen LogP contribution >= 0.6 is 0 Å². The third-order valence-electron chi connectivity index (χ3n) is 13.2. The highest BCUT2D eigenvalue weighted by atomic mass is 16.4. The van der Waals surface area contributed by atoms with Gasteiger partial charge in [-0.25, -0.2) is 0 Å². The van der Waals surface area contributed by atoms with Gasteiger partial charge in [0, 0.05) is 5.92 Å². The fraction of sp³-hybridized carbons (Fsp3) is 0.844. The summed E-state index contributed by atoms with van der Waals surface area (Å²) in [5.41, 5.74) is -0.264. The molecule has 212 valence electrons. The van der Waals surface area contributed by atoms with Gasteiger partial charge in [-0.2, -0.15) is 0 Å².